The lowest BCUT2D eigenvalue weighted by molar-refractivity contribution is -0.143. The van der Waals surface area contributed by atoms with Gasteiger partial charge in [0.25, 0.3) is 5.91 Å². The normalized spacial score (nSPS) is 12.2. The van der Waals surface area contributed by atoms with Crippen molar-refractivity contribution in [2.75, 3.05) is 5.73 Å². The number of nitrogen functional groups attached to an aromatic ring is 1. The topological polar surface area (TPSA) is 81.2 Å². The number of thiophene rings is 1. The fraction of sp³-hybridized carbons (Fsp3) is 0.222. The first-order chi connectivity index (χ1) is 13.9. The van der Waals surface area contributed by atoms with E-state index >= 15 is 0 Å². The minimum Gasteiger partial charge on any atom is -0.367 e. The maximum Gasteiger partial charge on any atom is 0.416 e. The maximum atomic E-state index is 13.0. The largest absolute Gasteiger partial charge is 0.416 e. The van der Waals surface area contributed by atoms with Gasteiger partial charge in [-0.1, -0.05) is 5.16 Å². The molecule has 3 rings (SSSR count). The second-order valence-electron chi connectivity index (χ2n) is 6.30. The van der Waals surface area contributed by atoms with Crippen molar-refractivity contribution in [3.8, 4) is 10.6 Å². The van der Waals surface area contributed by atoms with Crippen LogP contribution < -0.4 is 11.1 Å². The summed E-state index contributed by atoms with van der Waals surface area (Å²) in [6.07, 6.45) is -9.97. The number of anilines is 1. The predicted molar refractivity (Wildman–Crippen MR) is 96.6 cm³/mol. The minimum atomic E-state index is -4.98. The van der Waals surface area contributed by atoms with E-state index < -0.39 is 35.9 Å². The third-order valence-electron chi connectivity index (χ3n) is 4.12. The Kier molecular flexibility index (Phi) is 5.54. The van der Waals surface area contributed by atoms with E-state index in [1.807, 2.05) is 0 Å². The molecule has 5 nitrogen and oxygen atoms in total. The fourth-order valence-electron chi connectivity index (χ4n) is 2.68. The molecule has 3 N–H and O–H groups in total. The van der Waals surface area contributed by atoms with Gasteiger partial charge in [-0.15, -0.1) is 11.3 Å². The fourth-order valence-corrected chi connectivity index (χ4v) is 3.60. The van der Waals surface area contributed by atoms with Crippen molar-refractivity contribution in [2.45, 2.75) is 25.8 Å². The number of amides is 1. The van der Waals surface area contributed by atoms with E-state index in [0.717, 1.165) is 5.56 Å². The van der Waals surface area contributed by atoms with Crippen molar-refractivity contribution in [2.24, 2.45) is 0 Å². The zero-order valence-electron chi connectivity index (χ0n) is 15.1. The summed E-state index contributed by atoms with van der Waals surface area (Å²) < 4.78 is 82.7. The monoisotopic (exact) mass is 449 g/mol. The van der Waals surface area contributed by atoms with Crippen molar-refractivity contribution in [3.63, 3.8) is 0 Å². The summed E-state index contributed by atoms with van der Waals surface area (Å²) in [4.78, 5) is 13.2. The van der Waals surface area contributed by atoms with Gasteiger partial charge in [0.2, 0.25) is 5.88 Å². The van der Waals surface area contributed by atoms with Crippen LogP contribution in [0.25, 0.3) is 10.6 Å². The molecule has 0 saturated heterocycles. The molecule has 0 atom stereocenters. The summed E-state index contributed by atoms with van der Waals surface area (Å²) in [5.74, 6) is -1.17. The average molecular weight is 449 g/mol. The Hall–Kier alpha value is -3.02. The second kappa shape index (κ2) is 7.67. The molecule has 0 aliphatic heterocycles. The van der Waals surface area contributed by atoms with Crippen LogP contribution in [0.3, 0.4) is 0 Å². The number of hydrogen-bond acceptors (Lipinski definition) is 5. The highest BCUT2D eigenvalue weighted by molar-refractivity contribution is 7.13. The standard InChI is InChI=1S/C18H13F6N3O2S/c1-8-2-3-30-14(8)13-12(15(25)29-27-13)16(28)26-7-9-4-10(17(19,20)21)6-11(5-9)18(22,23)24/h2-6H,7,25H2,1H3,(H,26,28). The van der Waals surface area contributed by atoms with Crippen molar-refractivity contribution in [3.05, 3.63) is 57.5 Å². The molecule has 0 radical (unpaired) electrons. The molecule has 1 aromatic carbocycles. The Labute approximate surface area is 169 Å². The summed E-state index contributed by atoms with van der Waals surface area (Å²) in [6.45, 7) is 1.17. The van der Waals surface area contributed by atoms with Crippen molar-refractivity contribution < 1.29 is 35.7 Å². The van der Waals surface area contributed by atoms with E-state index in [1.165, 1.54) is 11.3 Å². The number of benzene rings is 1. The number of rotatable bonds is 4. The molecule has 0 fully saturated rings. The van der Waals surface area contributed by atoms with Crippen LogP contribution in [-0.4, -0.2) is 11.1 Å². The molecule has 12 heteroatoms. The number of carbonyl (C=O) groups is 1. The smallest absolute Gasteiger partial charge is 0.367 e. The molecule has 0 spiro atoms. The number of aromatic nitrogens is 1. The van der Waals surface area contributed by atoms with Crippen molar-refractivity contribution >= 4 is 23.1 Å². The molecule has 1 amide bonds. The number of halogens is 6. The van der Waals surface area contributed by atoms with Crippen LogP contribution in [0.15, 0.2) is 34.2 Å². The first-order valence-corrected chi connectivity index (χ1v) is 9.12. The lowest BCUT2D eigenvalue weighted by Crippen LogP contribution is -2.24. The highest BCUT2D eigenvalue weighted by Gasteiger charge is 2.37. The van der Waals surface area contributed by atoms with Crippen LogP contribution in [0.5, 0.6) is 0 Å². The SMILES string of the molecule is Cc1ccsc1-c1noc(N)c1C(=O)NCc1cc(C(F)(F)F)cc(C(F)(F)F)c1. The van der Waals surface area contributed by atoms with Crippen LogP contribution >= 0.6 is 11.3 Å². The molecule has 3 aromatic rings. The van der Waals surface area contributed by atoms with Crippen LogP contribution in [0.4, 0.5) is 32.2 Å². The summed E-state index contributed by atoms with van der Waals surface area (Å²) in [5, 5.41) is 7.76. The van der Waals surface area contributed by atoms with Gasteiger partial charge >= 0.3 is 12.4 Å². The number of nitrogens with one attached hydrogen (secondary N) is 1. The summed E-state index contributed by atoms with van der Waals surface area (Å²) in [6, 6.07) is 2.86. The highest BCUT2D eigenvalue weighted by Crippen LogP contribution is 2.37. The Bertz CT molecular complexity index is 1050. The van der Waals surface area contributed by atoms with E-state index in [0.29, 0.717) is 17.0 Å². The molecule has 0 bridgehead atoms. The van der Waals surface area contributed by atoms with E-state index in [9.17, 15) is 31.1 Å². The minimum absolute atomic E-state index is 0.0149. The first kappa shape index (κ1) is 21.7. The van der Waals surface area contributed by atoms with E-state index in [1.54, 1.807) is 18.4 Å². The molecule has 2 heterocycles. The number of hydrogen-bond donors (Lipinski definition) is 2. The third-order valence-corrected chi connectivity index (χ3v) is 5.15. The van der Waals surface area contributed by atoms with Crippen LogP contribution in [0.1, 0.15) is 32.6 Å². The molecule has 30 heavy (non-hydrogen) atoms. The molecular weight excluding hydrogens is 436 g/mol. The van der Waals surface area contributed by atoms with Crippen LogP contribution in [-0.2, 0) is 18.9 Å². The Balaban J connectivity index is 1.89. The lowest BCUT2D eigenvalue weighted by Gasteiger charge is -2.14. The average Bonchev–Trinajstić information content (AvgIpc) is 3.23. The van der Waals surface area contributed by atoms with Gasteiger partial charge < -0.3 is 15.6 Å². The Morgan fingerprint density at radius 2 is 1.73 bits per heavy atom. The zero-order valence-corrected chi connectivity index (χ0v) is 15.9. The molecular formula is C18H13F6N3O2S. The number of nitrogens with two attached hydrogens (primary N) is 1. The number of aryl methyl sites for hydroxylation is 1. The third kappa shape index (κ3) is 4.42. The lowest BCUT2D eigenvalue weighted by atomic mass is 10.0. The van der Waals surface area contributed by atoms with Gasteiger partial charge in [-0.05, 0) is 47.7 Å². The van der Waals surface area contributed by atoms with E-state index in [-0.39, 0.29) is 28.8 Å². The summed E-state index contributed by atoms with van der Waals surface area (Å²) in [7, 11) is 0. The number of nitrogens with zero attached hydrogens (tertiary/aromatic N) is 1. The van der Waals surface area contributed by atoms with Gasteiger partial charge in [-0.3, -0.25) is 4.79 Å². The first-order valence-electron chi connectivity index (χ1n) is 8.24. The zero-order chi connectivity index (χ0) is 22.3. The van der Waals surface area contributed by atoms with Gasteiger partial charge in [0, 0.05) is 6.54 Å². The quantitative estimate of drug-likeness (QED) is 0.533. The molecule has 0 unspecified atom stereocenters. The van der Waals surface area contributed by atoms with Gasteiger partial charge in [-0.25, -0.2) is 0 Å². The van der Waals surface area contributed by atoms with Crippen molar-refractivity contribution in [1.82, 2.24) is 10.5 Å². The molecule has 2 aromatic heterocycles. The Morgan fingerprint density at radius 1 is 1.13 bits per heavy atom. The highest BCUT2D eigenvalue weighted by atomic mass is 32.1. The van der Waals surface area contributed by atoms with Gasteiger partial charge in [-0.2, -0.15) is 26.3 Å². The second-order valence-corrected chi connectivity index (χ2v) is 7.22. The molecule has 0 saturated carbocycles. The van der Waals surface area contributed by atoms with Gasteiger partial charge in [0.05, 0.1) is 16.0 Å². The maximum absolute atomic E-state index is 13.0. The van der Waals surface area contributed by atoms with E-state index in [2.05, 4.69) is 10.5 Å². The van der Waals surface area contributed by atoms with Crippen LogP contribution in [0.2, 0.25) is 0 Å². The summed E-state index contributed by atoms with van der Waals surface area (Å²) in [5.41, 5.74) is 3.10. The molecule has 0 aliphatic carbocycles. The van der Waals surface area contributed by atoms with E-state index in [4.69, 9.17) is 10.3 Å². The van der Waals surface area contributed by atoms with Crippen molar-refractivity contribution in [1.29, 1.82) is 0 Å². The van der Waals surface area contributed by atoms with Gasteiger partial charge in [0.1, 0.15) is 11.3 Å². The molecule has 0 aliphatic rings. The Morgan fingerprint density at radius 3 is 2.23 bits per heavy atom. The molecule has 160 valence electrons. The number of alkyl halides is 6. The van der Waals surface area contributed by atoms with Crippen LogP contribution in [0, 0.1) is 6.92 Å². The number of carbonyl (C=O) groups excluding carboxylic acids is 1. The summed E-state index contributed by atoms with van der Waals surface area (Å²) >= 11 is 1.26. The predicted octanol–water partition coefficient (Wildman–Crippen LogP) is 5.26. The van der Waals surface area contributed by atoms with Gasteiger partial charge in [0.15, 0.2) is 0 Å².